The Labute approximate surface area is 128 Å². The molecule has 0 aromatic carbocycles. The Bertz CT molecular complexity index is 403. The molecule has 0 unspecified atom stereocenters. The average molecular weight is 295 g/mol. The lowest BCUT2D eigenvalue weighted by atomic mass is 9.81. The smallest absolute Gasteiger partial charge is 0.0962 e. The maximum atomic E-state index is 4.96. The van der Waals surface area contributed by atoms with E-state index in [4.69, 9.17) is 4.98 Å². The third-order valence-corrected chi connectivity index (χ3v) is 5.83. The fourth-order valence-corrected chi connectivity index (χ4v) is 4.38. The minimum absolute atomic E-state index is 0.547. The molecular formula is C17H30N2S. The van der Waals surface area contributed by atoms with Crippen molar-refractivity contribution in [1.29, 1.82) is 0 Å². The lowest BCUT2D eigenvalue weighted by molar-refractivity contribution is 0.318. The summed E-state index contributed by atoms with van der Waals surface area (Å²) in [6, 6.07) is 0.547. The molecule has 1 heterocycles. The number of aromatic nitrogens is 1. The molecule has 1 saturated carbocycles. The van der Waals surface area contributed by atoms with Crippen molar-refractivity contribution in [2.75, 3.05) is 0 Å². The second-order valence-corrected chi connectivity index (χ2v) is 7.55. The summed E-state index contributed by atoms with van der Waals surface area (Å²) in [7, 11) is 0. The van der Waals surface area contributed by atoms with Crippen molar-refractivity contribution >= 4 is 11.3 Å². The number of hydrogen-bond donors (Lipinski definition) is 1. The van der Waals surface area contributed by atoms with Crippen molar-refractivity contribution in [3.8, 4) is 0 Å². The van der Waals surface area contributed by atoms with E-state index in [0.717, 1.165) is 24.8 Å². The zero-order valence-corrected chi connectivity index (χ0v) is 14.4. The molecule has 1 N–H and O–H groups in total. The van der Waals surface area contributed by atoms with E-state index in [2.05, 4.69) is 33.0 Å². The number of thiazole rings is 1. The molecule has 1 fully saturated rings. The Morgan fingerprint density at radius 3 is 2.45 bits per heavy atom. The summed E-state index contributed by atoms with van der Waals surface area (Å²) in [6.07, 6.45) is 7.94. The number of nitrogens with zero attached hydrogens (tertiary/aromatic N) is 1. The van der Waals surface area contributed by atoms with Crippen LogP contribution in [0.3, 0.4) is 0 Å². The molecule has 2 nitrogen and oxygen atoms in total. The third kappa shape index (κ3) is 4.05. The number of nitrogens with one attached hydrogen (secondary N) is 1. The van der Waals surface area contributed by atoms with Gasteiger partial charge in [-0.3, -0.25) is 0 Å². The van der Waals surface area contributed by atoms with E-state index in [0.29, 0.717) is 6.04 Å². The van der Waals surface area contributed by atoms with Crippen LogP contribution in [0.15, 0.2) is 0 Å². The standard InChI is InChI=1S/C17H30N2S/c1-5-13-7-9-14(10-8-13)17-19-15(6-2)16(20-17)11-18-12(3)4/h12-14,18H,5-11H2,1-4H3. The van der Waals surface area contributed by atoms with E-state index in [9.17, 15) is 0 Å². The summed E-state index contributed by atoms with van der Waals surface area (Å²) in [5, 5.41) is 4.95. The van der Waals surface area contributed by atoms with Gasteiger partial charge in [0.05, 0.1) is 10.7 Å². The topological polar surface area (TPSA) is 24.9 Å². The molecule has 1 aliphatic rings. The highest BCUT2D eigenvalue weighted by atomic mass is 32.1. The van der Waals surface area contributed by atoms with E-state index in [-0.39, 0.29) is 0 Å². The normalized spacial score (nSPS) is 23.4. The predicted molar refractivity (Wildman–Crippen MR) is 88.5 cm³/mol. The van der Waals surface area contributed by atoms with Gasteiger partial charge in [-0.05, 0) is 38.0 Å². The molecule has 0 radical (unpaired) electrons. The molecule has 0 bridgehead atoms. The van der Waals surface area contributed by atoms with Crippen LogP contribution in [0.4, 0.5) is 0 Å². The fourth-order valence-electron chi connectivity index (χ4n) is 3.11. The van der Waals surface area contributed by atoms with Gasteiger partial charge >= 0.3 is 0 Å². The van der Waals surface area contributed by atoms with Gasteiger partial charge in [-0.1, -0.05) is 34.1 Å². The summed E-state index contributed by atoms with van der Waals surface area (Å²) < 4.78 is 0. The summed E-state index contributed by atoms with van der Waals surface area (Å²) in [6.45, 7) is 9.97. The third-order valence-electron chi connectivity index (χ3n) is 4.57. The van der Waals surface area contributed by atoms with Crippen LogP contribution in [-0.4, -0.2) is 11.0 Å². The fraction of sp³-hybridized carbons (Fsp3) is 0.824. The molecule has 114 valence electrons. The van der Waals surface area contributed by atoms with Gasteiger partial charge in [0.2, 0.25) is 0 Å². The predicted octanol–water partition coefficient (Wildman–Crippen LogP) is 4.89. The Morgan fingerprint density at radius 2 is 1.90 bits per heavy atom. The largest absolute Gasteiger partial charge is 0.310 e. The van der Waals surface area contributed by atoms with E-state index >= 15 is 0 Å². The quantitative estimate of drug-likeness (QED) is 0.808. The van der Waals surface area contributed by atoms with Gasteiger partial charge in [0, 0.05) is 23.4 Å². The van der Waals surface area contributed by atoms with E-state index in [1.807, 2.05) is 11.3 Å². The Hall–Kier alpha value is -0.410. The first kappa shape index (κ1) is 16.0. The minimum Gasteiger partial charge on any atom is -0.310 e. The van der Waals surface area contributed by atoms with Gasteiger partial charge in [0.15, 0.2) is 0 Å². The average Bonchev–Trinajstić information content (AvgIpc) is 2.88. The van der Waals surface area contributed by atoms with Crippen molar-refractivity contribution < 1.29 is 0 Å². The maximum Gasteiger partial charge on any atom is 0.0962 e. The molecule has 3 heteroatoms. The Balaban J connectivity index is 2.01. The minimum atomic E-state index is 0.547. The Morgan fingerprint density at radius 1 is 1.20 bits per heavy atom. The van der Waals surface area contributed by atoms with Crippen LogP contribution in [0.2, 0.25) is 0 Å². The van der Waals surface area contributed by atoms with Gasteiger partial charge in [0.25, 0.3) is 0 Å². The number of rotatable bonds is 6. The van der Waals surface area contributed by atoms with Crippen LogP contribution in [-0.2, 0) is 13.0 Å². The van der Waals surface area contributed by atoms with Crippen LogP contribution in [0.1, 0.15) is 81.3 Å². The van der Waals surface area contributed by atoms with Gasteiger partial charge < -0.3 is 5.32 Å². The second-order valence-electron chi connectivity index (χ2n) is 6.44. The van der Waals surface area contributed by atoms with Crippen molar-refractivity contribution in [3.05, 3.63) is 15.6 Å². The summed E-state index contributed by atoms with van der Waals surface area (Å²) in [5.74, 6) is 1.71. The van der Waals surface area contributed by atoms with Crippen LogP contribution in [0, 0.1) is 5.92 Å². The molecule has 2 rings (SSSR count). The summed E-state index contributed by atoms with van der Waals surface area (Å²) in [4.78, 5) is 6.43. The van der Waals surface area contributed by atoms with Crippen LogP contribution in [0.5, 0.6) is 0 Å². The van der Waals surface area contributed by atoms with E-state index in [1.165, 1.54) is 47.7 Å². The van der Waals surface area contributed by atoms with Crippen LogP contribution < -0.4 is 5.32 Å². The Kier molecular flexibility index (Phi) is 6.03. The maximum absolute atomic E-state index is 4.96. The van der Waals surface area contributed by atoms with Crippen LogP contribution in [0.25, 0.3) is 0 Å². The molecule has 1 aliphatic carbocycles. The van der Waals surface area contributed by atoms with Gasteiger partial charge in [-0.2, -0.15) is 0 Å². The summed E-state index contributed by atoms with van der Waals surface area (Å²) >= 11 is 1.97. The lowest BCUT2D eigenvalue weighted by Gasteiger charge is -2.26. The van der Waals surface area contributed by atoms with Gasteiger partial charge in [0.1, 0.15) is 0 Å². The number of hydrogen-bond acceptors (Lipinski definition) is 3. The monoisotopic (exact) mass is 294 g/mol. The zero-order chi connectivity index (χ0) is 14.5. The molecule has 0 atom stereocenters. The van der Waals surface area contributed by atoms with Gasteiger partial charge in [-0.25, -0.2) is 4.98 Å². The zero-order valence-electron chi connectivity index (χ0n) is 13.5. The van der Waals surface area contributed by atoms with Gasteiger partial charge in [-0.15, -0.1) is 11.3 Å². The van der Waals surface area contributed by atoms with E-state index in [1.54, 1.807) is 0 Å². The molecule has 0 spiro atoms. The molecule has 20 heavy (non-hydrogen) atoms. The molecule has 1 aromatic rings. The first-order valence-electron chi connectivity index (χ1n) is 8.35. The molecule has 0 aliphatic heterocycles. The van der Waals surface area contributed by atoms with E-state index < -0.39 is 0 Å². The van der Waals surface area contributed by atoms with Crippen molar-refractivity contribution in [1.82, 2.24) is 10.3 Å². The van der Waals surface area contributed by atoms with Crippen LogP contribution >= 0.6 is 11.3 Å². The molecule has 1 aromatic heterocycles. The molecule has 0 amide bonds. The highest BCUT2D eigenvalue weighted by Gasteiger charge is 2.24. The van der Waals surface area contributed by atoms with Crippen molar-refractivity contribution in [3.63, 3.8) is 0 Å². The lowest BCUT2D eigenvalue weighted by Crippen LogP contribution is -2.21. The first-order valence-corrected chi connectivity index (χ1v) is 9.17. The summed E-state index contributed by atoms with van der Waals surface area (Å²) in [5.41, 5.74) is 1.33. The van der Waals surface area contributed by atoms with Crippen molar-refractivity contribution in [2.45, 2.75) is 84.7 Å². The first-order chi connectivity index (χ1) is 9.63. The SMILES string of the molecule is CCc1nc(C2CCC(CC)CC2)sc1CNC(C)C. The van der Waals surface area contributed by atoms with Crippen molar-refractivity contribution in [2.24, 2.45) is 5.92 Å². The number of aryl methyl sites for hydroxylation is 1. The second kappa shape index (κ2) is 7.56. The highest BCUT2D eigenvalue weighted by Crippen LogP contribution is 2.39. The highest BCUT2D eigenvalue weighted by molar-refractivity contribution is 7.11. The molecular weight excluding hydrogens is 264 g/mol. The molecule has 0 saturated heterocycles.